The average Bonchev–Trinajstić information content (AvgIpc) is 2.72. The fourth-order valence-electron chi connectivity index (χ4n) is 3.32. The van der Waals surface area contributed by atoms with Gasteiger partial charge < -0.3 is 10.0 Å². The molecule has 23 heavy (non-hydrogen) atoms. The summed E-state index contributed by atoms with van der Waals surface area (Å²) >= 11 is 0. The van der Waals surface area contributed by atoms with Crippen molar-refractivity contribution in [2.45, 2.75) is 85.1 Å². The van der Waals surface area contributed by atoms with Crippen molar-refractivity contribution in [1.82, 2.24) is 4.90 Å². The molecule has 0 aromatic carbocycles. The molecule has 1 N–H and O–H groups in total. The molecule has 1 atom stereocenters. The molecule has 0 radical (unpaired) electrons. The first-order chi connectivity index (χ1) is 10.9. The number of nitrogens with zero attached hydrogens (tertiary/aromatic N) is 1. The molecule has 4 heteroatoms. The minimum Gasteiger partial charge on any atom is -0.512 e. The van der Waals surface area contributed by atoms with E-state index < -0.39 is 6.04 Å². The van der Waals surface area contributed by atoms with Gasteiger partial charge in [0.1, 0.15) is 11.3 Å². The van der Waals surface area contributed by atoms with Gasteiger partial charge in [0, 0.05) is 6.54 Å². The summed E-state index contributed by atoms with van der Waals surface area (Å²) in [5.41, 5.74) is -0.0109. The van der Waals surface area contributed by atoms with Crippen molar-refractivity contribution in [3.8, 4) is 0 Å². The van der Waals surface area contributed by atoms with Gasteiger partial charge in [0.2, 0.25) is 0 Å². The first-order valence-electron chi connectivity index (χ1n) is 9.16. The van der Waals surface area contributed by atoms with Crippen LogP contribution in [0.15, 0.2) is 11.3 Å². The molecule has 1 rings (SSSR count). The van der Waals surface area contributed by atoms with Gasteiger partial charge in [-0.3, -0.25) is 9.59 Å². The standard InChI is InChI=1S/C19H33NO3/c1-5-6-7-8-9-10-11-12-13-20-17(14(2)3)18(22)16(15(4)21)19(20)23/h14,17,21H,5-13H2,1-4H3/b16-15-. The summed E-state index contributed by atoms with van der Waals surface area (Å²) in [5, 5.41) is 9.63. The van der Waals surface area contributed by atoms with Crippen LogP contribution < -0.4 is 0 Å². The molecule has 0 saturated carbocycles. The molecule has 1 unspecified atom stereocenters. The predicted molar refractivity (Wildman–Crippen MR) is 93.3 cm³/mol. The topological polar surface area (TPSA) is 57.6 Å². The Hall–Kier alpha value is -1.32. The molecule has 0 bridgehead atoms. The summed E-state index contributed by atoms with van der Waals surface area (Å²) in [6, 6.07) is -0.413. The maximum Gasteiger partial charge on any atom is 0.261 e. The number of hydrogen-bond donors (Lipinski definition) is 1. The lowest BCUT2D eigenvalue weighted by atomic mass is 9.98. The Morgan fingerprint density at radius 3 is 2.04 bits per heavy atom. The summed E-state index contributed by atoms with van der Waals surface area (Å²) in [5.74, 6) is -0.595. The lowest BCUT2D eigenvalue weighted by Crippen LogP contribution is -2.39. The molecule has 1 aliphatic rings. The molecule has 0 spiro atoms. The molecular weight excluding hydrogens is 290 g/mol. The third-order valence-corrected chi connectivity index (χ3v) is 4.57. The molecule has 0 aromatic heterocycles. The van der Waals surface area contributed by atoms with Gasteiger partial charge in [0.15, 0.2) is 5.78 Å². The van der Waals surface area contributed by atoms with E-state index in [2.05, 4.69) is 6.92 Å². The molecule has 0 aliphatic carbocycles. The largest absolute Gasteiger partial charge is 0.512 e. The summed E-state index contributed by atoms with van der Waals surface area (Å²) < 4.78 is 0. The minimum absolute atomic E-state index is 0.0109. The van der Waals surface area contributed by atoms with Gasteiger partial charge in [-0.05, 0) is 19.3 Å². The molecule has 1 aliphatic heterocycles. The van der Waals surface area contributed by atoms with Gasteiger partial charge in [0.05, 0.1) is 6.04 Å². The number of amides is 1. The van der Waals surface area contributed by atoms with Crippen LogP contribution in [0.3, 0.4) is 0 Å². The van der Waals surface area contributed by atoms with Gasteiger partial charge in [-0.15, -0.1) is 0 Å². The second kappa shape index (κ2) is 9.74. The molecule has 1 fully saturated rings. The van der Waals surface area contributed by atoms with Crippen LogP contribution in [0, 0.1) is 5.92 Å². The Kier molecular flexibility index (Phi) is 8.35. The molecule has 1 saturated heterocycles. The number of rotatable bonds is 10. The number of Topliss-reactive ketones (excluding diaryl/α,β-unsaturated/α-hetero) is 1. The Morgan fingerprint density at radius 1 is 1.04 bits per heavy atom. The summed E-state index contributed by atoms with van der Waals surface area (Å²) in [4.78, 5) is 26.4. The van der Waals surface area contributed by atoms with Crippen LogP contribution in [-0.4, -0.2) is 34.3 Å². The molecule has 4 nitrogen and oxygen atoms in total. The first-order valence-corrected chi connectivity index (χ1v) is 9.16. The van der Waals surface area contributed by atoms with Crippen LogP contribution in [0.5, 0.6) is 0 Å². The lowest BCUT2D eigenvalue weighted by molar-refractivity contribution is -0.128. The van der Waals surface area contributed by atoms with E-state index in [9.17, 15) is 14.7 Å². The third kappa shape index (κ3) is 5.36. The number of allylic oxidation sites excluding steroid dienone is 1. The number of hydrogen-bond acceptors (Lipinski definition) is 3. The van der Waals surface area contributed by atoms with E-state index in [1.54, 1.807) is 4.90 Å². The zero-order valence-corrected chi connectivity index (χ0v) is 15.2. The summed E-state index contributed by atoms with van der Waals surface area (Å²) in [6.45, 7) is 8.15. The van der Waals surface area contributed by atoms with Crippen molar-refractivity contribution in [1.29, 1.82) is 0 Å². The van der Waals surface area contributed by atoms with Crippen LogP contribution >= 0.6 is 0 Å². The molecule has 1 amide bonds. The van der Waals surface area contributed by atoms with E-state index in [0.29, 0.717) is 6.54 Å². The Morgan fingerprint density at radius 2 is 1.57 bits per heavy atom. The van der Waals surface area contributed by atoms with Crippen molar-refractivity contribution >= 4 is 11.7 Å². The number of unbranched alkanes of at least 4 members (excludes halogenated alkanes) is 7. The van der Waals surface area contributed by atoms with Crippen molar-refractivity contribution in [2.75, 3.05) is 6.54 Å². The first kappa shape index (κ1) is 19.7. The van der Waals surface area contributed by atoms with Crippen molar-refractivity contribution in [2.24, 2.45) is 5.92 Å². The van der Waals surface area contributed by atoms with Gasteiger partial charge in [-0.2, -0.15) is 0 Å². The van der Waals surface area contributed by atoms with Crippen LogP contribution in [0.4, 0.5) is 0 Å². The van der Waals surface area contributed by atoms with Crippen molar-refractivity contribution < 1.29 is 14.7 Å². The highest BCUT2D eigenvalue weighted by Crippen LogP contribution is 2.28. The van der Waals surface area contributed by atoms with Crippen LogP contribution in [0.2, 0.25) is 0 Å². The normalized spacial score (nSPS) is 20.7. The van der Waals surface area contributed by atoms with E-state index in [4.69, 9.17) is 0 Å². The molecule has 0 aromatic rings. The van der Waals surface area contributed by atoms with Crippen LogP contribution in [0.1, 0.15) is 79.1 Å². The maximum absolute atomic E-state index is 12.4. The number of likely N-dealkylation sites (tertiary alicyclic amines) is 1. The number of carbonyl (C=O) groups excluding carboxylic acids is 2. The van der Waals surface area contributed by atoms with Crippen molar-refractivity contribution in [3.63, 3.8) is 0 Å². The fourth-order valence-corrected chi connectivity index (χ4v) is 3.32. The molecule has 132 valence electrons. The highest BCUT2D eigenvalue weighted by atomic mass is 16.3. The van der Waals surface area contributed by atoms with Gasteiger partial charge >= 0.3 is 0 Å². The number of ketones is 1. The van der Waals surface area contributed by atoms with E-state index in [1.807, 2.05) is 13.8 Å². The highest BCUT2D eigenvalue weighted by Gasteiger charge is 2.45. The fraction of sp³-hybridized carbons (Fsp3) is 0.789. The predicted octanol–water partition coefficient (Wildman–Crippen LogP) is 4.40. The minimum atomic E-state index is -0.413. The van der Waals surface area contributed by atoms with E-state index in [0.717, 1.165) is 12.8 Å². The SMILES string of the molecule is CCCCCCCCCCN1C(=O)/C(=C(/C)O)C(=O)C1C(C)C. The van der Waals surface area contributed by atoms with E-state index in [-0.39, 0.29) is 28.9 Å². The third-order valence-electron chi connectivity index (χ3n) is 4.57. The molecule has 1 heterocycles. The Labute approximate surface area is 140 Å². The zero-order valence-electron chi connectivity index (χ0n) is 15.2. The smallest absolute Gasteiger partial charge is 0.261 e. The Bertz CT molecular complexity index is 436. The Balaban J connectivity index is 2.46. The zero-order chi connectivity index (χ0) is 17.4. The molecular formula is C19H33NO3. The summed E-state index contributed by atoms with van der Waals surface area (Å²) in [6.07, 6.45) is 9.64. The average molecular weight is 323 g/mol. The number of aliphatic hydroxyl groups is 1. The monoisotopic (exact) mass is 323 g/mol. The maximum atomic E-state index is 12.4. The van der Waals surface area contributed by atoms with Gasteiger partial charge in [-0.1, -0.05) is 65.7 Å². The van der Waals surface area contributed by atoms with Crippen LogP contribution in [-0.2, 0) is 9.59 Å². The number of aliphatic hydroxyl groups excluding tert-OH is 1. The van der Waals surface area contributed by atoms with Crippen LogP contribution in [0.25, 0.3) is 0 Å². The van der Waals surface area contributed by atoms with E-state index in [1.165, 1.54) is 45.4 Å². The second-order valence-corrected chi connectivity index (χ2v) is 6.99. The second-order valence-electron chi connectivity index (χ2n) is 6.99. The quantitative estimate of drug-likeness (QED) is 0.281. The number of carbonyl (C=O) groups is 2. The van der Waals surface area contributed by atoms with Gasteiger partial charge in [0.25, 0.3) is 5.91 Å². The van der Waals surface area contributed by atoms with Crippen molar-refractivity contribution in [3.05, 3.63) is 11.3 Å². The highest BCUT2D eigenvalue weighted by molar-refractivity contribution is 6.26. The summed E-state index contributed by atoms with van der Waals surface area (Å²) in [7, 11) is 0. The van der Waals surface area contributed by atoms with E-state index >= 15 is 0 Å². The lowest BCUT2D eigenvalue weighted by Gasteiger charge is -2.25. The van der Waals surface area contributed by atoms with Gasteiger partial charge in [-0.25, -0.2) is 0 Å².